The lowest BCUT2D eigenvalue weighted by molar-refractivity contribution is 0.192. The van der Waals surface area contributed by atoms with Crippen LogP contribution in [0.1, 0.15) is 62.8 Å². The van der Waals surface area contributed by atoms with Gasteiger partial charge in [-0.15, -0.1) is 0 Å². The number of aromatic nitrogens is 4. The molecule has 0 amide bonds. The molecule has 3 heterocycles. The van der Waals surface area contributed by atoms with E-state index in [-0.39, 0.29) is 0 Å². The highest BCUT2D eigenvalue weighted by atomic mass is 15.3. The van der Waals surface area contributed by atoms with Gasteiger partial charge in [-0.05, 0) is 67.1 Å². The van der Waals surface area contributed by atoms with Gasteiger partial charge in [-0.25, -0.2) is 9.97 Å². The van der Waals surface area contributed by atoms with Gasteiger partial charge in [-0.1, -0.05) is 25.3 Å². The van der Waals surface area contributed by atoms with Crippen molar-refractivity contribution >= 4 is 16.7 Å². The van der Waals surface area contributed by atoms with Crippen molar-refractivity contribution in [2.45, 2.75) is 57.3 Å². The van der Waals surface area contributed by atoms with E-state index >= 15 is 0 Å². The maximum absolute atomic E-state index is 4.66. The summed E-state index contributed by atoms with van der Waals surface area (Å²) >= 11 is 0. The van der Waals surface area contributed by atoms with Gasteiger partial charge >= 0.3 is 0 Å². The molecular formula is C27H34N6. The summed E-state index contributed by atoms with van der Waals surface area (Å²) in [6, 6.07) is 8.99. The zero-order valence-electron chi connectivity index (χ0n) is 19.5. The van der Waals surface area contributed by atoms with E-state index in [9.17, 15) is 0 Å². The third-order valence-electron chi connectivity index (χ3n) is 8.90. The lowest BCUT2D eigenvalue weighted by atomic mass is 9.89. The molecule has 1 unspecified atom stereocenters. The number of nitrogens with zero attached hydrogens (tertiary/aromatic N) is 5. The fraction of sp³-hybridized carbons (Fsp3) is 0.593. The quantitative estimate of drug-likeness (QED) is 0.603. The minimum atomic E-state index is 0.665. The van der Waals surface area contributed by atoms with Crippen molar-refractivity contribution < 1.29 is 0 Å². The van der Waals surface area contributed by atoms with E-state index in [1.165, 1.54) is 68.9 Å². The SMILES string of the molecule is c1nc(-c2n[nH]c3ccc(C4CC45CC5)cc23)cc(N2CCN(CC3CCCCC3)CC2)n1. The fourth-order valence-corrected chi connectivity index (χ4v) is 6.52. The first-order valence-corrected chi connectivity index (χ1v) is 13.1. The minimum Gasteiger partial charge on any atom is -0.354 e. The van der Waals surface area contributed by atoms with Gasteiger partial charge in [0.25, 0.3) is 0 Å². The van der Waals surface area contributed by atoms with Crippen LogP contribution < -0.4 is 4.90 Å². The molecule has 1 spiro atoms. The summed E-state index contributed by atoms with van der Waals surface area (Å²) in [5.74, 6) is 2.71. The number of H-pyrrole nitrogens is 1. The first kappa shape index (κ1) is 20.0. The number of aromatic amines is 1. The zero-order valence-corrected chi connectivity index (χ0v) is 19.5. The third kappa shape index (κ3) is 3.72. The smallest absolute Gasteiger partial charge is 0.132 e. The minimum absolute atomic E-state index is 0.665. The molecule has 0 bridgehead atoms. The van der Waals surface area contributed by atoms with E-state index in [2.05, 4.69) is 54.2 Å². The van der Waals surface area contributed by atoms with Crippen molar-refractivity contribution in [3.8, 4) is 11.4 Å². The van der Waals surface area contributed by atoms with Crippen LogP contribution in [-0.2, 0) is 0 Å². The number of rotatable bonds is 5. The largest absolute Gasteiger partial charge is 0.354 e. The number of hydrogen-bond donors (Lipinski definition) is 1. The Morgan fingerprint density at radius 3 is 2.61 bits per heavy atom. The van der Waals surface area contributed by atoms with Crippen LogP contribution in [-0.4, -0.2) is 57.8 Å². The molecule has 2 aromatic heterocycles. The number of piperazine rings is 1. The predicted molar refractivity (Wildman–Crippen MR) is 131 cm³/mol. The van der Waals surface area contributed by atoms with E-state index in [1.54, 1.807) is 6.33 Å². The second-order valence-electron chi connectivity index (χ2n) is 11.0. The molecule has 3 aliphatic carbocycles. The molecule has 33 heavy (non-hydrogen) atoms. The van der Waals surface area contributed by atoms with Gasteiger partial charge in [-0.3, -0.25) is 10.00 Å². The van der Waals surface area contributed by atoms with Crippen LogP contribution >= 0.6 is 0 Å². The highest BCUT2D eigenvalue weighted by Crippen LogP contribution is 2.75. The average Bonchev–Trinajstić information content (AvgIpc) is 3.76. The topological polar surface area (TPSA) is 60.9 Å². The lowest BCUT2D eigenvalue weighted by Gasteiger charge is -2.37. The predicted octanol–water partition coefficient (Wildman–Crippen LogP) is 4.99. The average molecular weight is 443 g/mol. The number of anilines is 1. The normalized spacial score (nSPS) is 25.1. The Balaban J connectivity index is 1.07. The fourth-order valence-electron chi connectivity index (χ4n) is 6.52. The van der Waals surface area contributed by atoms with Crippen molar-refractivity contribution in [2.24, 2.45) is 11.3 Å². The van der Waals surface area contributed by atoms with Gasteiger partial charge in [0.1, 0.15) is 17.8 Å². The molecule has 7 rings (SSSR count). The van der Waals surface area contributed by atoms with Crippen LogP contribution in [0, 0.1) is 11.3 Å². The standard InChI is InChI=1S/C27H34N6/c1-2-4-19(5-3-1)17-32-10-12-33(13-11-32)25-15-24(28-18-29-25)26-21-14-20(6-7-23(21)30-31-26)22-16-27(22)8-9-27/h6-7,14-15,18-19,22H,1-5,8-13,16-17H2,(H,30,31). The maximum Gasteiger partial charge on any atom is 0.132 e. The molecule has 3 saturated carbocycles. The molecule has 1 aliphatic heterocycles. The monoisotopic (exact) mass is 442 g/mol. The highest BCUT2D eigenvalue weighted by molar-refractivity contribution is 5.92. The van der Waals surface area contributed by atoms with Gasteiger partial charge in [-0.2, -0.15) is 5.10 Å². The molecular weight excluding hydrogens is 408 g/mol. The highest BCUT2D eigenvalue weighted by Gasteiger charge is 2.62. The van der Waals surface area contributed by atoms with E-state index < -0.39 is 0 Å². The Kier molecular flexibility index (Phi) is 4.71. The first-order valence-electron chi connectivity index (χ1n) is 13.1. The number of benzene rings is 1. The first-order chi connectivity index (χ1) is 16.3. The molecule has 6 heteroatoms. The molecule has 3 aromatic rings. The second kappa shape index (κ2) is 7.79. The van der Waals surface area contributed by atoms with Crippen LogP contribution in [0.5, 0.6) is 0 Å². The van der Waals surface area contributed by atoms with Crippen molar-refractivity contribution in [3.05, 3.63) is 36.2 Å². The van der Waals surface area contributed by atoms with Crippen molar-refractivity contribution in [1.82, 2.24) is 25.1 Å². The Labute approximate surface area is 195 Å². The van der Waals surface area contributed by atoms with Crippen molar-refractivity contribution in [2.75, 3.05) is 37.6 Å². The molecule has 4 fully saturated rings. The lowest BCUT2D eigenvalue weighted by Crippen LogP contribution is -2.48. The Bertz CT molecular complexity index is 1150. The molecule has 1 saturated heterocycles. The van der Waals surface area contributed by atoms with Crippen LogP contribution in [0.15, 0.2) is 30.6 Å². The van der Waals surface area contributed by atoms with Gasteiger partial charge in [0.05, 0.1) is 11.2 Å². The van der Waals surface area contributed by atoms with Gasteiger partial charge in [0.15, 0.2) is 0 Å². The molecule has 1 N–H and O–H groups in total. The van der Waals surface area contributed by atoms with Gasteiger partial charge < -0.3 is 4.90 Å². The van der Waals surface area contributed by atoms with Gasteiger partial charge in [0, 0.05) is 44.2 Å². The number of nitrogens with one attached hydrogen (secondary N) is 1. The molecule has 1 aromatic carbocycles. The zero-order chi connectivity index (χ0) is 21.8. The van der Waals surface area contributed by atoms with E-state index in [0.29, 0.717) is 5.41 Å². The van der Waals surface area contributed by atoms with Crippen LogP contribution in [0.3, 0.4) is 0 Å². The Morgan fingerprint density at radius 2 is 1.82 bits per heavy atom. The number of fused-ring (bicyclic) bond motifs is 1. The van der Waals surface area contributed by atoms with Crippen molar-refractivity contribution in [1.29, 1.82) is 0 Å². The molecule has 0 radical (unpaired) electrons. The molecule has 172 valence electrons. The van der Waals surface area contributed by atoms with Crippen molar-refractivity contribution in [3.63, 3.8) is 0 Å². The molecule has 1 atom stereocenters. The van der Waals surface area contributed by atoms with E-state index in [1.807, 2.05) is 0 Å². The maximum atomic E-state index is 4.66. The number of hydrogen-bond acceptors (Lipinski definition) is 5. The molecule has 6 nitrogen and oxygen atoms in total. The summed E-state index contributed by atoms with van der Waals surface area (Å²) < 4.78 is 0. The summed E-state index contributed by atoms with van der Waals surface area (Å²) in [5, 5.41) is 9.07. The summed E-state index contributed by atoms with van der Waals surface area (Å²) in [7, 11) is 0. The molecule has 4 aliphatic rings. The summed E-state index contributed by atoms with van der Waals surface area (Å²) in [6.07, 6.45) is 13.1. The summed E-state index contributed by atoms with van der Waals surface area (Å²) in [4.78, 5) is 14.3. The van der Waals surface area contributed by atoms with Crippen LogP contribution in [0.2, 0.25) is 0 Å². The van der Waals surface area contributed by atoms with E-state index in [4.69, 9.17) is 0 Å². The van der Waals surface area contributed by atoms with E-state index in [0.717, 1.165) is 60.7 Å². The Hall–Kier alpha value is -2.47. The van der Waals surface area contributed by atoms with Crippen LogP contribution in [0.25, 0.3) is 22.3 Å². The Morgan fingerprint density at radius 1 is 0.970 bits per heavy atom. The second-order valence-corrected chi connectivity index (χ2v) is 11.0. The van der Waals surface area contributed by atoms with Gasteiger partial charge in [0.2, 0.25) is 0 Å². The summed E-state index contributed by atoms with van der Waals surface area (Å²) in [6.45, 7) is 5.63. The summed E-state index contributed by atoms with van der Waals surface area (Å²) in [5.41, 5.74) is 5.11. The van der Waals surface area contributed by atoms with Crippen LogP contribution in [0.4, 0.5) is 5.82 Å². The third-order valence-corrected chi connectivity index (χ3v) is 8.90.